The van der Waals surface area contributed by atoms with Crippen molar-refractivity contribution in [2.45, 2.75) is 34.1 Å². The van der Waals surface area contributed by atoms with Gasteiger partial charge in [-0.05, 0) is 27.7 Å². The van der Waals surface area contributed by atoms with Gasteiger partial charge in [0, 0.05) is 17.6 Å². The molecule has 0 atom stereocenters. The molecular formula is C10H14O. The van der Waals surface area contributed by atoms with Crippen LogP contribution in [0, 0.1) is 0 Å². The average molecular weight is 150 g/mol. The lowest BCUT2D eigenvalue weighted by molar-refractivity contribution is -0.114. The quantitative estimate of drug-likeness (QED) is 0.485. The van der Waals surface area contributed by atoms with E-state index in [0.717, 1.165) is 17.6 Å². The molecule has 0 unspecified atom stereocenters. The lowest BCUT2D eigenvalue weighted by Gasteiger charge is -2.22. The Bertz CT molecular complexity index is 233. The lowest BCUT2D eigenvalue weighted by atomic mass is 9.79. The van der Waals surface area contributed by atoms with Crippen molar-refractivity contribution in [3.8, 4) is 0 Å². The number of Topliss-reactive ketones (excluding diaryl/α,β-unsaturated/α-hetero) is 1. The highest BCUT2D eigenvalue weighted by Crippen LogP contribution is 2.32. The third-order valence-corrected chi connectivity index (χ3v) is 2.11. The summed E-state index contributed by atoms with van der Waals surface area (Å²) in [6.07, 6.45) is 0.892. The Hall–Kier alpha value is -0.850. The highest BCUT2D eigenvalue weighted by Gasteiger charge is 2.28. The monoisotopic (exact) mass is 150 g/mol. The van der Waals surface area contributed by atoms with Crippen molar-refractivity contribution >= 4 is 5.78 Å². The number of hydrogen-bond acceptors (Lipinski definition) is 1. The normalized spacial score (nSPS) is 16.5. The molecule has 1 fully saturated rings. The van der Waals surface area contributed by atoms with E-state index in [4.69, 9.17) is 0 Å². The van der Waals surface area contributed by atoms with Crippen LogP contribution in [-0.2, 0) is 4.79 Å². The fourth-order valence-corrected chi connectivity index (χ4v) is 1.22. The molecule has 1 aliphatic carbocycles. The molecule has 0 aromatic rings. The van der Waals surface area contributed by atoms with Crippen molar-refractivity contribution in [3.05, 3.63) is 22.3 Å². The van der Waals surface area contributed by atoms with E-state index >= 15 is 0 Å². The van der Waals surface area contributed by atoms with Crippen LogP contribution in [0.15, 0.2) is 22.3 Å². The SMILES string of the molecule is CC(C)=C1CC(=C(C)C)C1=O. The molecule has 0 heterocycles. The summed E-state index contributed by atoms with van der Waals surface area (Å²) in [5.41, 5.74) is 4.36. The predicted molar refractivity (Wildman–Crippen MR) is 46.4 cm³/mol. The first-order chi connectivity index (χ1) is 5.04. The molecule has 0 bridgehead atoms. The van der Waals surface area contributed by atoms with Gasteiger partial charge in [0.2, 0.25) is 0 Å². The van der Waals surface area contributed by atoms with Crippen molar-refractivity contribution < 1.29 is 4.79 Å². The van der Waals surface area contributed by atoms with Gasteiger partial charge in [-0.15, -0.1) is 0 Å². The van der Waals surface area contributed by atoms with E-state index in [2.05, 4.69) is 0 Å². The van der Waals surface area contributed by atoms with Gasteiger partial charge >= 0.3 is 0 Å². The Morgan fingerprint density at radius 3 is 1.55 bits per heavy atom. The molecule has 0 amide bonds. The third-order valence-electron chi connectivity index (χ3n) is 2.11. The van der Waals surface area contributed by atoms with Gasteiger partial charge in [-0.3, -0.25) is 4.79 Å². The fourth-order valence-electron chi connectivity index (χ4n) is 1.22. The van der Waals surface area contributed by atoms with Crippen LogP contribution in [0.3, 0.4) is 0 Å². The van der Waals surface area contributed by atoms with E-state index in [1.165, 1.54) is 11.1 Å². The summed E-state index contributed by atoms with van der Waals surface area (Å²) >= 11 is 0. The summed E-state index contributed by atoms with van der Waals surface area (Å²) in [6.45, 7) is 7.98. The number of carbonyl (C=O) groups excluding carboxylic acids is 1. The van der Waals surface area contributed by atoms with Gasteiger partial charge in [-0.1, -0.05) is 11.1 Å². The van der Waals surface area contributed by atoms with E-state index in [-0.39, 0.29) is 5.78 Å². The minimum absolute atomic E-state index is 0.269. The molecule has 0 spiro atoms. The van der Waals surface area contributed by atoms with Crippen LogP contribution in [0.25, 0.3) is 0 Å². The zero-order chi connectivity index (χ0) is 8.59. The molecule has 1 heteroatoms. The first-order valence-electron chi connectivity index (χ1n) is 3.91. The molecule has 0 aliphatic heterocycles. The van der Waals surface area contributed by atoms with E-state index in [0.29, 0.717) is 0 Å². The molecule has 0 N–H and O–H groups in total. The number of allylic oxidation sites excluding steroid dienone is 4. The standard InChI is InChI=1S/C10H14O/c1-6(2)8-5-9(7(3)4)10(8)11/h5H2,1-4H3. The highest BCUT2D eigenvalue weighted by molar-refractivity contribution is 6.16. The van der Waals surface area contributed by atoms with Crippen LogP contribution in [0.5, 0.6) is 0 Å². The van der Waals surface area contributed by atoms with Gasteiger partial charge < -0.3 is 0 Å². The topological polar surface area (TPSA) is 17.1 Å². The molecular weight excluding hydrogens is 136 g/mol. The minimum Gasteiger partial charge on any atom is -0.289 e. The van der Waals surface area contributed by atoms with Crippen LogP contribution in [-0.4, -0.2) is 5.78 Å². The van der Waals surface area contributed by atoms with Crippen molar-refractivity contribution in [2.24, 2.45) is 0 Å². The molecule has 1 aliphatic rings. The Balaban J connectivity index is 2.91. The molecule has 1 saturated carbocycles. The number of ketones is 1. The van der Waals surface area contributed by atoms with Gasteiger partial charge in [0.1, 0.15) is 0 Å². The zero-order valence-corrected chi connectivity index (χ0v) is 7.62. The van der Waals surface area contributed by atoms with Crippen LogP contribution in [0.4, 0.5) is 0 Å². The summed E-state index contributed by atoms with van der Waals surface area (Å²) in [7, 11) is 0. The van der Waals surface area contributed by atoms with Crippen molar-refractivity contribution in [1.82, 2.24) is 0 Å². The second-order valence-corrected chi connectivity index (χ2v) is 3.46. The number of rotatable bonds is 0. The van der Waals surface area contributed by atoms with Crippen molar-refractivity contribution in [1.29, 1.82) is 0 Å². The van der Waals surface area contributed by atoms with E-state index in [9.17, 15) is 4.79 Å². The van der Waals surface area contributed by atoms with Crippen LogP contribution >= 0.6 is 0 Å². The molecule has 0 saturated heterocycles. The summed E-state index contributed by atoms with van der Waals surface area (Å²) in [6, 6.07) is 0. The van der Waals surface area contributed by atoms with Gasteiger partial charge in [0.05, 0.1) is 0 Å². The van der Waals surface area contributed by atoms with Crippen molar-refractivity contribution in [3.63, 3.8) is 0 Å². The number of hydrogen-bond donors (Lipinski definition) is 0. The van der Waals surface area contributed by atoms with Crippen LogP contribution < -0.4 is 0 Å². The van der Waals surface area contributed by atoms with Crippen LogP contribution in [0.2, 0.25) is 0 Å². The summed E-state index contributed by atoms with van der Waals surface area (Å²) in [5.74, 6) is 0.269. The lowest BCUT2D eigenvalue weighted by Crippen LogP contribution is -2.21. The largest absolute Gasteiger partial charge is 0.289 e. The summed E-state index contributed by atoms with van der Waals surface area (Å²) < 4.78 is 0. The second kappa shape index (κ2) is 2.65. The van der Waals surface area contributed by atoms with Gasteiger partial charge in [0.25, 0.3) is 0 Å². The molecule has 1 rings (SSSR count). The maximum atomic E-state index is 11.3. The molecule has 0 radical (unpaired) electrons. The van der Waals surface area contributed by atoms with Gasteiger partial charge in [0.15, 0.2) is 5.78 Å². The molecule has 11 heavy (non-hydrogen) atoms. The molecule has 60 valence electrons. The van der Waals surface area contributed by atoms with Crippen molar-refractivity contribution in [2.75, 3.05) is 0 Å². The van der Waals surface area contributed by atoms with E-state index in [1.54, 1.807) is 0 Å². The minimum atomic E-state index is 0.269. The molecule has 1 nitrogen and oxygen atoms in total. The average Bonchev–Trinajstić information content (AvgIpc) is 1.82. The fraction of sp³-hybridized carbons (Fsp3) is 0.500. The van der Waals surface area contributed by atoms with E-state index < -0.39 is 0 Å². The summed E-state index contributed by atoms with van der Waals surface area (Å²) in [4.78, 5) is 11.3. The Kier molecular flexibility index (Phi) is 1.99. The first-order valence-corrected chi connectivity index (χ1v) is 3.91. The Morgan fingerprint density at radius 2 is 1.36 bits per heavy atom. The maximum Gasteiger partial charge on any atom is 0.185 e. The van der Waals surface area contributed by atoms with Gasteiger partial charge in [-0.25, -0.2) is 0 Å². The summed E-state index contributed by atoms with van der Waals surface area (Å²) in [5, 5.41) is 0. The molecule has 0 aromatic carbocycles. The second-order valence-electron chi connectivity index (χ2n) is 3.46. The number of carbonyl (C=O) groups is 1. The zero-order valence-electron chi connectivity index (χ0n) is 7.62. The Morgan fingerprint density at radius 1 is 1.00 bits per heavy atom. The predicted octanol–water partition coefficient (Wildman–Crippen LogP) is 2.63. The third kappa shape index (κ3) is 1.28. The smallest absolute Gasteiger partial charge is 0.185 e. The van der Waals surface area contributed by atoms with E-state index in [1.807, 2.05) is 27.7 Å². The molecule has 0 aromatic heterocycles. The highest BCUT2D eigenvalue weighted by atomic mass is 16.1. The first kappa shape index (κ1) is 8.25. The van der Waals surface area contributed by atoms with Gasteiger partial charge in [-0.2, -0.15) is 0 Å². The Labute approximate surface area is 67.8 Å². The van der Waals surface area contributed by atoms with Crippen LogP contribution in [0.1, 0.15) is 34.1 Å². The maximum absolute atomic E-state index is 11.3.